The second-order valence-electron chi connectivity index (χ2n) is 7.71. The Kier molecular flexibility index (Phi) is 5.12. The third kappa shape index (κ3) is 3.66. The van der Waals surface area contributed by atoms with Gasteiger partial charge in [-0.2, -0.15) is 0 Å². The van der Waals surface area contributed by atoms with Crippen molar-refractivity contribution in [3.63, 3.8) is 0 Å². The van der Waals surface area contributed by atoms with Gasteiger partial charge < -0.3 is 9.47 Å². The molecule has 0 N–H and O–H groups in total. The van der Waals surface area contributed by atoms with Gasteiger partial charge in [0.05, 0.1) is 0 Å². The summed E-state index contributed by atoms with van der Waals surface area (Å²) in [5, 5.41) is 0.617. The summed E-state index contributed by atoms with van der Waals surface area (Å²) in [6.45, 7) is 0.0962. The highest BCUT2D eigenvalue weighted by Gasteiger charge is 2.39. The second kappa shape index (κ2) is 8.08. The predicted octanol–water partition coefficient (Wildman–Crippen LogP) is 5.02. The molecule has 0 radical (unpaired) electrons. The van der Waals surface area contributed by atoms with Crippen LogP contribution in [-0.2, 0) is 20.7 Å². The van der Waals surface area contributed by atoms with Crippen LogP contribution in [0.15, 0.2) is 72.8 Å². The van der Waals surface area contributed by atoms with Gasteiger partial charge in [-0.15, -0.1) is 0 Å². The van der Waals surface area contributed by atoms with E-state index in [9.17, 15) is 9.59 Å². The van der Waals surface area contributed by atoms with Crippen LogP contribution in [0.2, 0.25) is 5.02 Å². The van der Waals surface area contributed by atoms with Gasteiger partial charge in [-0.05, 0) is 39.9 Å². The van der Waals surface area contributed by atoms with Crippen molar-refractivity contribution in [1.82, 2.24) is 4.90 Å². The molecule has 3 aromatic rings. The summed E-state index contributed by atoms with van der Waals surface area (Å²) in [5.41, 5.74) is 5.51. The zero-order chi connectivity index (χ0) is 21.4. The van der Waals surface area contributed by atoms with Crippen molar-refractivity contribution in [2.45, 2.75) is 18.4 Å². The van der Waals surface area contributed by atoms with E-state index in [1.165, 1.54) is 16.0 Å². The van der Waals surface area contributed by atoms with Crippen LogP contribution < -0.4 is 0 Å². The highest BCUT2D eigenvalue weighted by atomic mass is 35.5. The zero-order valence-electron chi connectivity index (χ0n) is 16.7. The maximum Gasteiger partial charge on any atom is 0.413 e. The smallest absolute Gasteiger partial charge is 0.413 e. The summed E-state index contributed by atoms with van der Waals surface area (Å²) < 4.78 is 10.8. The molecule has 31 heavy (non-hydrogen) atoms. The quantitative estimate of drug-likeness (QED) is 0.542. The first kappa shape index (κ1) is 19.6. The van der Waals surface area contributed by atoms with E-state index in [0.29, 0.717) is 11.4 Å². The van der Waals surface area contributed by atoms with Crippen molar-refractivity contribution < 1.29 is 19.1 Å². The average Bonchev–Trinajstić information content (AvgIpc) is 3.32. The van der Waals surface area contributed by atoms with E-state index in [1.807, 2.05) is 36.4 Å². The Hall–Kier alpha value is -3.31. The topological polar surface area (TPSA) is 55.8 Å². The molecule has 0 bridgehead atoms. The first-order chi connectivity index (χ1) is 15.1. The van der Waals surface area contributed by atoms with E-state index < -0.39 is 18.1 Å². The lowest BCUT2D eigenvalue weighted by Crippen LogP contribution is -2.40. The molecule has 0 aromatic heterocycles. The monoisotopic (exact) mass is 433 g/mol. The fourth-order valence-electron chi connectivity index (χ4n) is 4.34. The van der Waals surface area contributed by atoms with Gasteiger partial charge >= 0.3 is 12.1 Å². The molecule has 1 aliphatic carbocycles. The van der Waals surface area contributed by atoms with Gasteiger partial charge in [-0.25, -0.2) is 9.59 Å². The van der Waals surface area contributed by atoms with E-state index >= 15 is 0 Å². The number of cyclic esters (lactones) is 1. The molecule has 156 valence electrons. The standard InChI is InChI=1S/C25H20ClNO4/c26-17-11-9-16(10-12-17)13-23-24(28)31-15-27(23)25(29)30-14-22-20-7-3-1-5-18(20)19-6-2-4-8-21(19)22/h1-12,22-23H,13-15H2. The number of carbonyl (C=O) groups is 2. The number of amides is 1. The number of fused-ring (bicyclic) bond motifs is 3. The molecule has 0 spiro atoms. The van der Waals surface area contributed by atoms with E-state index in [2.05, 4.69) is 24.3 Å². The van der Waals surface area contributed by atoms with Crippen molar-refractivity contribution in [1.29, 1.82) is 0 Å². The molecule has 2 aliphatic rings. The summed E-state index contributed by atoms with van der Waals surface area (Å²) in [6.07, 6.45) is -0.202. The van der Waals surface area contributed by atoms with Gasteiger partial charge in [0.15, 0.2) is 6.73 Å². The third-order valence-corrected chi connectivity index (χ3v) is 6.16. The van der Waals surface area contributed by atoms with Crippen LogP contribution in [0.1, 0.15) is 22.6 Å². The minimum absolute atomic E-state index is 0.0368. The molecular formula is C25H20ClNO4. The molecule has 1 fully saturated rings. The number of nitrogens with zero attached hydrogens (tertiary/aromatic N) is 1. The summed E-state index contributed by atoms with van der Waals surface area (Å²) in [7, 11) is 0. The van der Waals surface area contributed by atoms with E-state index in [0.717, 1.165) is 16.7 Å². The van der Waals surface area contributed by atoms with Gasteiger partial charge in [0.1, 0.15) is 12.6 Å². The van der Waals surface area contributed by atoms with Crippen LogP contribution in [0.3, 0.4) is 0 Å². The van der Waals surface area contributed by atoms with Crippen LogP contribution in [-0.4, -0.2) is 36.3 Å². The molecule has 1 amide bonds. The Bertz CT molecular complexity index is 1100. The number of ether oxygens (including phenoxy) is 2. The Balaban J connectivity index is 1.31. The number of carbonyl (C=O) groups excluding carboxylic acids is 2. The molecule has 1 heterocycles. The predicted molar refractivity (Wildman–Crippen MR) is 117 cm³/mol. The first-order valence-electron chi connectivity index (χ1n) is 10.1. The maximum absolute atomic E-state index is 12.9. The van der Waals surface area contributed by atoms with E-state index in [1.54, 1.807) is 12.1 Å². The molecule has 1 aliphatic heterocycles. The summed E-state index contributed by atoms with van der Waals surface area (Å²) in [4.78, 5) is 26.5. The number of rotatable bonds is 4. The molecule has 1 atom stereocenters. The normalized spacial score (nSPS) is 17.3. The lowest BCUT2D eigenvalue weighted by Gasteiger charge is -2.21. The Morgan fingerprint density at radius 2 is 1.58 bits per heavy atom. The van der Waals surface area contributed by atoms with Gasteiger partial charge in [-0.1, -0.05) is 72.3 Å². The number of halogens is 1. The molecule has 5 nitrogen and oxygen atoms in total. The number of esters is 1. The number of hydrogen-bond acceptors (Lipinski definition) is 4. The Morgan fingerprint density at radius 3 is 2.23 bits per heavy atom. The fourth-order valence-corrected chi connectivity index (χ4v) is 4.47. The average molecular weight is 434 g/mol. The molecule has 3 aromatic carbocycles. The number of hydrogen-bond donors (Lipinski definition) is 0. The first-order valence-corrected chi connectivity index (χ1v) is 10.5. The SMILES string of the molecule is O=C1OCN(C(=O)OCC2c3ccccc3-c3ccccc32)C1Cc1ccc(Cl)cc1. The van der Waals surface area contributed by atoms with E-state index in [4.69, 9.17) is 21.1 Å². The highest BCUT2D eigenvalue weighted by molar-refractivity contribution is 6.30. The second-order valence-corrected chi connectivity index (χ2v) is 8.15. The van der Waals surface area contributed by atoms with Crippen LogP contribution in [0.4, 0.5) is 4.79 Å². The van der Waals surface area contributed by atoms with Gasteiger partial charge in [-0.3, -0.25) is 4.90 Å². The fraction of sp³-hybridized carbons (Fsp3) is 0.200. The summed E-state index contributed by atoms with van der Waals surface area (Å²) in [6, 6.07) is 22.8. The highest BCUT2D eigenvalue weighted by Crippen LogP contribution is 2.44. The van der Waals surface area contributed by atoms with Gasteiger partial charge in [0.25, 0.3) is 0 Å². The Labute approximate surface area is 185 Å². The van der Waals surface area contributed by atoms with E-state index in [-0.39, 0.29) is 19.3 Å². The van der Waals surface area contributed by atoms with Crippen molar-refractivity contribution in [3.8, 4) is 11.1 Å². The van der Waals surface area contributed by atoms with Gasteiger partial charge in [0, 0.05) is 17.4 Å². The molecule has 5 rings (SSSR count). The minimum Gasteiger partial charge on any atom is -0.448 e. The lowest BCUT2D eigenvalue weighted by molar-refractivity contribution is -0.139. The van der Waals surface area contributed by atoms with Crippen LogP contribution in [0, 0.1) is 0 Å². The summed E-state index contributed by atoms with van der Waals surface area (Å²) >= 11 is 5.94. The minimum atomic E-state index is -0.711. The van der Waals surface area contributed by atoms with Crippen LogP contribution >= 0.6 is 11.6 Å². The number of benzene rings is 3. The molecule has 1 saturated heterocycles. The molecular weight excluding hydrogens is 414 g/mol. The van der Waals surface area contributed by atoms with Crippen molar-refractivity contribution >= 4 is 23.7 Å². The lowest BCUT2D eigenvalue weighted by atomic mass is 9.98. The molecule has 6 heteroatoms. The molecule has 0 saturated carbocycles. The third-order valence-electron chi connectivity index (χ3n) is 5.91. The summed E-state index contributed by atoms with van der Waals surface area (Å²) in [5.74, 6) is -0.464. The van der Waals surface area contributed by atoms with Crippen LogP contribution in [0.5, 0.6) is 0 Å². The van der Waals surface area contributed by atoms with Gasteiger partial charge in [0.2, 0.25) is 0 Å². The maximum atomic E-state index is 12.9. The largest absolute Gasteiger partial charge is 0.448 e. The zero-order valence-corrected chi connectivity index (χ0v) is 17.4. The van der Waals surface area contributed by atoms with Crippen molar-refractivity contribution in [2.24, 2.45) is 0 Å². The Morgan fingerprint density at radius 1 is 0.968 bits per heavy atom. The van der Waals surface area contributed by atoms with Crippen molar-refractivity contribution in [2.75, 3.05) is 13.3 Å². The molecule has 1 unspecified atom stereocenters. The van der Waals surface area contributed by atoms with Crippen molar-refractivity contribution in [3.05, 3.63) is 94.5 Å². The van der Waals surface area contributed by atoms with Crippen LogP contribution in [0.25, 0.3) is 11.1 Å².